The fourth-order valence-electron chi connectivity index (χ4n) is 6.10. The van der Waals surface area contributed by atoms with E-state index in [1.807, 2.05) is 0 Å². The van der Waals surface area contributed by atoms with E-state index < -0.39 is 11.5 Å². The Kier molecular flexibility index (Phi) is 3.87. The summed E-state index contributed by atoms with van der Waals surface area (Å²) >= 11 is 0. The minimum absolute atomic E-state index is 0.00933. The quantitative estimate of drug-likeness (QED) is 0.832. The fourth-order valence-corrected chi connectivity index (χ4v) is 6.10. The molecule has 0 aromatic carbocycles. The molecule has 1 amide bonds. The summed E-state index contributed by atoms with van der Waals surface area (Å²) < 4.78 is 5.38. The number of nitrogens with one attached hydrogen (secondary N) is 1. The number of hydrogen-bond donors (Lipinski definition) is 2. The second-order valence-electron chi connectivity index (χ2n) is 8.41. The molecule has 4 saturated carbocycles. The van der Waals surface area contributed by atoms with Gasteiger partial charge in [-0.1, -0.05) is 0 Å². The van der Waals surface area contributed by atoms with Gasteiger partial charge in [-0.3, -0.25) is 9.59 Å². The molecule has 1 saturated heterocycles. The highest BCUT2D eigenvalue weighted by Gasteiger charge is 2.51. The fraction of sp³-hybridized carbons (Fsp3) is 0.889. The molecule has 1 heterocycles. The van der Waals surface area contributed by atoms with Crippen molar-refractivity contribution in [2.75, 3.05) is 13.2 Å². The van der Waals surface area contributed by atoms with Crippen LogP contribution >= 0.6 is 0 Å². The van der Waals surface area contributed by atoms with E-state index in [0.29, 0.717) is 37.9 Å². The first-order chi connectivity index (χ1) is 11.0. The zero-order valence-corrected chi connectivity index (χ0v) is 13.6. The van der Waals surface area contributed by atoms with Crippen LogP contribution in [0.3, 0.4) is 0 Å². The summed E-state index contributed by atoms with van der Waals surface area (Å²) in [4.78, 5) is 24.3. The molecule has 5 fully saturated rings. The number of carbonyl (C=O) groups is 2. The Bertz CT molecular complexity index is 469. The Morgan fingerprint density at radius 2 is 1.57 bits per heavy atom. The highest BCUT2D eigenvalue weighted by atomic mass is 16.5. The highest BCUT2D eigenvalue weighted by Crippen LogP contribution is 2.56. The molecular formula is C18H27NO4. The van der Waals surface area contributed by atoms with Gasteiger partial charge in [0.2, 0.25) is 5.91 Å². The number of hydrogen-bond acceptors (Lipinski definition) is 3. The van der Waals surface area contributed by atoms with Crippen LogP contribution in [0.25, 0.3) is 0 Å². The van der Waals surface area contributed by atoms with Crippen LogP contribution in [0.15, 0.2) is 0 Å². The number of amides is 1. The normalized spacial score (nSPS) is 40.8. The third kappa shape index (κ3) is 2.88. The lowest BCUT2D eigenvalue weighted by molar-refractivity contribution is -0.144. The molecule has 0 unspecified atom stereocenters. The van der Waals surface area contributed by atoms with Crippen LogP contribution in [0, 0.1) is 29.6 Å². The molecule has 5 nitrogen and oxygen atoms in total. The third-order valence-electron chi connectivity index (χ3n) is 6.86. The molecule has 4 aliphatic carbocycles. The van der Waals surface area contributed by atoms with E-state index in [-0.39, 0.29) is 18.2 Å². The lowest BCUT2D eigenvalue weighted by atomic mass is 9.51. The summed E-state index contributed by atoms with van der Waals surface area (Å²) in [5.74, 6) is 2.17. The van der Waals surface area contributed by atoms with E-state index in [1.54, 1.807) is 0 Å². The average Bonchev–Trinajstić information content (AvgIpc) is 2.45. The Balaban J connectivity index is 1.48. The van der Waals surface area contributed by atoms with Gasteiger partial charge >= 0.3 is 5.97 Å². The molecule has 23 heavy (non-hydrogen) atoms. The van der Waals surface area contributed by atoms with Crippen LogP contribution in [0.5, 0.6) is 0 Å². The van der Waals surface area contributed by atoms with Crippen molar-refractivity contribution in [3.63, 3.8) is 0 Å². The van der Waals surface area contributed by atoms with Crippen LogP contribution in [0.1, 0.15) is 51.4 Å². The van der Waals surface area contributed by atoms with Gasteiger partial charge in [0.25, 0.3) is 0 Å². The monoisotopic (exact) mass is 321 g/mol. The average molecular weight is 321 g/mol. The molecule has 0 radical (unpaired) electrons. The molecule has 1 aliphatic heterocycles. The third-order valence-corrected chi connectivity index (χ3v) is 6.86. The van der Waals surface area contributed by atoms with E-state index in [0.717, 1.165) is 11.8 Å². The minimum atomic E-state index is -0.836. The topological polar surface area (TPSA) is 75.6 Å². The van der Waals surface area contributed by atoms with Gasteiger partial charge in [-0.05, 0) is 68.6 Å². The van der Waals surface area contributed by atoms with E-state index in [1.165, 1.54) is 32.1 Å². The van der Waals surface area contributed by atoms with E-state index >= 15 is 0 Å². The van der Waals surface area contributed by atoms with Gasteiger partial charge in [0.1, 0.15) is 0 Å². The Morgan fingerprint density at radius 3 is 2.09 bits per heavy atom. The zero-order chi connectivity index (χ0) is 16.0. The summed E-state index contributed by atoms with van der Waals surface area (Å²) in [7, 11) is 0. The van der Waals surface area contributed by atoms with Crippen LogP contribution < -0.4 is 5.32 Å². The predicted molar refractivity (Wildman–Crippen MR) is 83.7 cm³/mol. The number of carbonyl (C=O) groups excluding carboxylic acids is 1. The van der Waals surface area contributed by atoms with Gasteiger partial charge in [-0.2, -0.15) is 0 Å². The smallest absolute Gasteiger partial charge is 0.305 e. The molecule has 0 aromatic rings. The lowest BCUT2D eigenvalue weighted by Crippen LogP contribution is -2.58. The summed E-state index contributed by atoms with van der Waals surface area (Å²) in [5, 5.41) is 12.5. The molecule has 4 bridgehead atoms. The molecule has 0 aromatic heterocycles. The van der Waals surface area contributed by atoms with Crippen LogP contribution in [-0.4, -0.2) is 35.7 Å². The van der Waals surface area contributed by atoms with Crippen LogP contribution in [-0.2, 0) is 14.3 Å². The number of carboxylic acid groups (broad SMARTS) is 1. The van der Waals surface area contributed by atoms with Crippen LogP contribution in [0.2, 0.25) is 0 Å². The Hall–Kier alpha value is -1.10. The van der Waals surface area contributed by atoms with Crippen molar-refractivity contribution < 1.29 is 19.4 Å². The maximum Gasteiger partial charge on any atom is 0.305 e. The van der Waals surface area contributed by atoms with E-state index in [2.05, 4.69) is 5.32 Å². The van der Waals surface area contributed by atoms with Crippen molar-refractivity contribution in [1.29, 1.82) is 0 Å². The second kappa shape index (κ2) is 5.76. The van der Waals surface area contributed by atoms with E-state index in [4.69, 9.17) is 4.74 Å². The minimum Gasteiger partial charge on any atom is -0.481 e. The van der Waals surface area contributed by atoms with Crippen molar-refractivity contribution in [2.45, 2.75) is 56.9 Å². The zero-order valence-electron chi connectivity index (χ0n) is 13.6. The number of aliphatic carboxylic acids is 1. The van der Waals surface area contributed by atoms with Crippen molar-refractivity contribution in [3.8, 4) is 0 Å². The summed E-state index contributed by atoms with van der Waals surface area (Å²) in [6.45, 7) is 1.07. The molecule has 0 atom stereocenters. The Labute approximate surface area is 137 Å². The highest BCUT2D eigenvalue weighted by molar-refractivity contribution is 5.81. The lowest BCUT2D eigenvalue weighted by Gasteiger charge is -2.54. The van der Waals surface area contributed by atoms with Gasteiger partial charge in [-0.15, -0.1) is 0 Å². The molecule has 128 valence electrons. The maximum absolute atomic E-state index is 13.0. The Morgan fingerprint density at radius 1 is 1.00 bits per heavy atom. The largest absolute Gasteiger partial charge is 0.481 e. The number of ether oxygens (including phenoxy) is 1. The van der Waals surface area contributed by atoms with E-state index in [9.17, 15) is 14.7 Å². The maximum atomic E-state index is 13.0. The van der Waals surface area contributed by atoms with Gasteiger partial charge in [-0.25, -0.2) is 0 Å². The van der Waals surface area contributed by atoms with Crippen molar-refractivity contribution >= 4 is 11.9 Å². The van der Waals surface area contributed by atoms with Gasteiger partial charge in [0.05, 0.1) is 12.0 Å². The standard InChI is InChI=1S/C18H27NO4/c20-15(21)10-18(1-3-23-4-2-18)19-17(22)16-13-6-11-5-12(8-13)9-14(16)7-11/h11-14,16H,1-10H2,(H,19,22)(H,20,21). The summed E-state index contributed by atoms with van der Waals surface area (Å²) in [5.41, 5.74) is -0.601. The van der Waals surface area contributed by atoms with Crippen molar-refractivity contribution in [3.05, 3.63) is 0 Å². The molecule has 5 rings (SSSR count). The van der Waals surface area contributed by atoms with Gasteiger partial charge in [0, 0.05) is 19.1 Å². The molecular weight excluding hydrogens is 294 g/mol. The molecule has 2 N–H and O–H groups in total. The second-order valence-corrected chi connectivity index (χ2v) is 8.41. The number of rotatable bonds is 4. The first-order valence-electron chi connectivity index (χ1n) is 9.16. The first-order valence-corrected chi connectivity index (χ1v) is 9.16. The molecule has 5 aliphatic rings. The van der Waals surface area contributed by atoms with Gasteiger partial charge in [0.15, 0.2) is 0 Å². The van der Waals surface area contributed by atoms with Crippen LogP contribution in [0.4, 0.5) is 0 Å². The summed E-state index contributed by atoms with van der Waals surface area (Å²) in [6.07, 6.45) is 7.44. The summed E-state index contributed by atoms with van der Waals surface area (Å²) in [6, 6.07) is 0. The van der Waals surface area contributed by atoms with Gasteiger partial charge < -0.3 is 15.2 Å². The number of carboxylic acids is 1. The van der Waals surface area contributed by atoms with Crippen molar-refractivity contribution in [2.24, 2.45) is 29.6 Å². The molecule has 0 spiro atoms. The SMILES string of the molecule is O=C(O)CC1(NC(=O)C2C3CC4CC(C3)CC2C4)CCOCC1. The molecule has 5 heteroatoms. The van der Waals surface area contributed by atoms with Crippen molar-refractivity contribution in [1.82, 2.24) is 5.32 Å². The predicted octanol–water partition coefficient (Wildman–Crippen LogP) is 2.20. The first kappa shape index (κ1) is 15.4.